The summed E-state index contributed by atoms with van der Waals surface area (Å²) < 4.78 is 5.61. The van der Waals surface area contributed by atoms with Gasteiger partial charge in [0.15, 0.2) is 0 Å². The van der Waals surface area contributed by atoms with E-state index in [-0.39, 0.29) is 11.6 Å². The van der Waals surface area contributed by atoms with E-state index in [1.165, 1.54) is 17.5 Å². The number of fused-ring (bicyclic) bond motifs is 1. The van der Waals surface area contributed by atoms with Crippen LogP contribution < -0.4 is 0 Å². The number of hydrogen-bond acceptors (Lipinski definition) is 3. The number of hydrogen-bond donors (Lipinski definition) is 1. The lowest BCUT2D eigenvalue weighted by Crippen LogP contribution is -2.52. The molecule has 0 saturated carbocycles. The van der Waals surface area contributed by atoms with Crippen molar-refractivity contribution in [3.8, 4) is 5.75 Å². The van der Waals surface area contributed by atoms with E-state index >= 15 is 0 Å². The molecule has 0 amide bonds. The highest BCUT2D eigenvalue weighted by atomic mass is 16.5. The molecule has 1 fully saturated rings. The second-order valence-electron chi connectivity index (χ2n) is 6.26. The smallest absolute Gasteiger partial charge is 0.115 e. The first-order chi connectivity index (χ1) is 9.74. The second-order valence-corrected chi connectivity index (χ2v) is 6.26. The predicted molar refractivity (Wildman–Crippen MR) is 77.7 cm³/mol. The molecule has 0 unspecified atom stereocenters. The van der Waals surface area contributed by atoms with E-state index in [1.54, 1.807) is 7.11 Å². The lowest BCUT2D eigenvalue weighted by atomic mass is 9.68. The van der Waals surface area contributed by atoms with E-state index in [9.17, 15) is 5.11 Å². The van der Waals surface area contributed by atoms with Crippen LogP contribution in [0.4, 0.5) is 0 Å². The van der Waals surface area contributed by atoms with Crippen molar-refractivity contribution in [2.24, 2.45) is 5.92 Å². The van der Waals surface area contributed by atoms with E-state index in [0.717, 1.165) is 25.9 Å². The summed E-state index contributed by atoms with van der Waals surface area (Å²) in [6.07, 6.45) is 8.04. The molecular weight excluding hydrogens is 250 g/mol. The fourth-order valence-corrected chi connectivity index (χ4v) is 4.53. The fraction of sp³-hybridized carbons (Fsp3) is 0.529. The topological polar surface area (TPSA) is 32.7 Å². The minimum absolute atomic E-state index is 0.0434. The minimum Gasteiger partial charge on any atom is -0.508 e. The van der Waals surface area contributed by atoms with Crippen LogP contribution in [-0.4, -0.2) is 36.3 Å². The summed E-state index contributed by atoms with van der Waals surface area (Å²) in [7, 11) is 1.79. The Morgan fingerprint density at radius 3 is 3.05 bits per heavy atom. The number of rotatable bonds is 1. The minimum atomic E-state index is 0.0434. The van der Waals surface area contributed by atoms with Gasteiger partial charge in [-0.1, -0.05) is 18.2 Å². The summed E-state index contributed by atoms with van der Waals surface area (Å²) >= 11 is 0. The maximum atomic E-state index is 9.95. The van der Waals surface area contributed by atoms with Crippen LogP contribution in [-0.2, 0) is 16.7 Å². The summed E-state index contributed by atoms with van der Waals surface area (Å²) in [5.41, 5.74) is 2.77. The van der Waals surface area contributed by atoms with Gasteiger partial charge in [-0.25, -0.2) is 0 Å². The molecule has 1 N–H and O–H groups in total. The van der Waals surface area contributed by atoms with Gasteiger partial charge in [-0.05, 0) is 42.6 Å². The van der Waals surface area contributed by atoms with Crippen LogP contribution >= 0.6 is 0 Å². The molecule has 3 atom stereocenters. The zero-order chi connectivity index (χ0) is 13.7. The monoisotopic (exact) mass is 271 g/mol. The van der Waals surface area contributed by atoms with Crippen LogP contribution in [0.5, 0.6) is 5.75 Å². The molecule has 0 bridgehead atoms. The molecule has 20 heavy (non-hydrogen) atoms. The normalized spacial score (nSPS) is 35.5. The van der Waals surface area contributed by atoms with E-state index in [0.29, 0.717) is 11.7 Å². The zero-order valence-corrected chi connectivity index (χ0v) is 11.9. The first kappa shape index (κ1) is 12.4. The van der Waals surface area contributed by atoms with Gasteiger partial charge in [0.2, 0.25) is 0 Å². The molecule has 2 aliphatic heterocycles. The SMILES string of the molecule is CO[C@H]1C=C[C@H]2CCN3CCc4ccc(O)cc4[C@]23C1. The highest BCUT2D eigenvalue weighted by molar-refractivity contribution is 5.45. The van der Waals surface area contributed by atoms with E-state index in [4.69, 9.17) is 4.74 Å². The summed E-state index contributed by atoms with van der Waals surface area (Å²) in [6.45, 7) is 2.28. The lowest BCUT2D eigenvalue weighted by molar-refractivity contribution is 0.0204. The molecule has 4 rings (SSSR count). The third-order valence-corrected chi connectivity index (χ3v) is 5.47. The number of nitrogens with zero attached hydrogens (tertiary/aromatic N) is 1. The van der Waals surface area contributed by atoms with Gasteiger partial charge in [-0.2, -0.15) is 0 Å². The molecule has 3 aliphatic rings. The Morgan fingerprint density at radius 1 is 1.30 bits per heavy atom. The Hall–Kier alpha value is -1.32. The lowest BCUT2D eigenvalue weighted by Gasteiger charge is -2.49. The summed E-state index contributed by atoms with van der Waals surface area (Å²) in [5.74, 6) is 0.934. The highest BCUT2D eigenvalue weighted by Crippen LogP contribution is 2.53. The van der Waals surface area contributed by atoms with Crippen molar-refractivity contribution < 1.29 is 9.84 Å². The summed E-state index contributed by atoms with van der Waals surface area (Å²) in [5, 5.41) is 9.95. The van der Waals surface area contributed by atoms with Gasteiger partial charge < -0.3 is 9.84 Å². The molecule has 1 aromatic rings. The van der Waals surface area contributed by atoms with E-state index in [1.807, 2.05) is 12.1 Å². The molecule has 3 heteroatoms. The van der Waals surface area contributed by atoms with Crippen molar-refractivity contribution in [2.45, 2.75) is 30.9 Å². The van der Waals surface area contributed by atoms with Crippen molar-refractivity contribution in [2.75, 3.05) is 20.2 Å². The van der Waals surface area contributed by atoms with Gasteiger partial charge in [0.1, 0.15) is 5.75 Å². The molecule has 1 aliphatic carbocycles. The molecule has 106 valence electrons. The van der Waals surface area contributed by atoms with Gasteiger partial charge >= 0.3 is 0 Å². The van der Waals surface area contributed by atoms with Crippen molar-refractivity contribution in [3.63, 3.8) is 0 Å². The van der Waals surface area contributed by atoms with E-state index in [2.05, 4.69) is 23.1 Å². The highest BCUT2D eigenvalue weighted by Gasteiger charge is 2.53. The Balaban J connectivity index is 1.90. The second kappa shape index (κ2) is 4.34. The van der Waals surface area contributed by atoms with Crippen molar-refractivity contribution in [1.29, 1.82) is 0 Å². The quantitative estimate of drug-likeness (QED) is 0.796. The Kier molecular flexibility index (Phi) is 2.69. The molecular formula is C17H21NO2. The van der Waals surface area contributed by atoms with Crippen molar-refractivity contribution in [3.05, 3.63) is 41.5 Å². The fourth-order valence-electron chi connectivity index (χ4n) is 4.53. The number of aromatic hydroxyl groups is 1. The third-order valence-electron chi connectivity index (χ3n) is 5.47. The van der Waals surface area contributed by atoms with Crippen LogP contribution in [0.1, 0.15) is 24.0 Å². The Bertz CT molecular complexity index is 568. The van der Waals surface area contributed by atoms with Gasteiger partial charge in [0, 0.05) is 26.0 Å². The largest absolute Gasteiger partial charge is 0.508 e. The molecule has 1 aromatic carbocycles. The van der Waals surface area contributed by atoms with Gasteiger partial charge in [-0.3, -0.25) is 4.90 Å². The third kappa shape index (κ3) is 1.54. The van der Waals surface area contributed by atoms with Gasteiger partial charge in [0.05, 0.1) is 11.6 Å². The van der Waals surface area contributed by atoms with Crippen LogP contribution in [0.2, 0.25) is 0 Å². The first-order valence-corrected chi connectivity index (χ1v) is 7.52. The number of ether oxygens (including phenoxy) is 1. The number of phenols is 1. The van der Waals surface area contributed by atoms with Gasteiger partial charge in [0.25, 0.3) is 0 Å². The Labute approximate surface area is 119 Å². The maximum absolute atomic E-state index is 9.95. The molecule has 0 aromatic heterocycles. The van der Waals surface area contributed by atoms with E-state index < -0.39 is 0 Å². The zero-order valence-electron chi connectivity index (χ0n) is 11.9. The molecule has 2 heterocycles. The average molecular weight is 271 g/mol. The standard InChI is InChI=1S/C17H21NO2/c1-20-15-5-3-13-7-9-18-8-6-12-2-4-14(19)10-16(12)17(13,18)11-15/h2-5,10,13,15,19H,6-9,11H2,1H3/t13-,15-,17-/m0/s1. The number of methoxy groups -OCH3 is 1. The maximum Gasteiger partial charge on any atom is 0.115 e. The van der Waals surface area contributed by atoms with Crippen LogP contribution in [0.15, 0.2) is 30.4 Å². The molecule has 1 spiro atoms. The first-order valence-electron chi connectivity index (χ1n) is 7.52. The summed E-state index contributed by atoms with van der Waals surface area (Å²) in [4.78, 5) is 2.62. The Morgan fingerprint density at radius 2 is 2.20 bits per heavy atom. The molecule has 3 nitrogen and oxygen atoms in total. The summed E-state index contributed by atoms with van der Waals surface area (Å²) in [6, 6.07) is 5.92. The number of benzene rings is 1. The van der Waals surface area contributed by atoms with Gasteiger partial charge in [-0.15, -0.1) is 0 Å². The van der Waals surface area contributed by atoms with Crippen molar-refractivity contribution >= 4 is 0 Å². The van der Waals surface area contributed by atoms with Crippen LogP contribution in [0.3, 0.4) is 0 Å². The number of phenolic OH excluding ortho intramolecular Hbond substituents is 1. The predicted octanol–water partition coefficient (Wildman–Crippen LogP) is 2.44. The van der Waals surface area contributed by atoms with Crippen molar-refractivity contribution in [1.82, 2.24) is 4.90 Å². The molecule has 0 radical (unpaired) electrons. The van der Waals surface area contributed by atoms with Crippen LogP contribution in [0, 0.1) is 5.92 Å². The van der Waals surface area contributed by atoms with Crippen LogP contribution in [0.25, 0.3) is 0 Å². The average Bonchev–Trinajstić information content (AvgIpc) is 2.86. The molecule has 1 saturated heterocycles.